The van der Waals surface area contributed by atoms with Crippen molar-refractivity contribution in [2.75, 3.05) is 0 Å². The molecule has 0 saturated heterocycles. The first-order valence-electron chi connectivity index (χ1n) is 3.09. The van der Waals surface area contributed by atoms with Crippen LogP contribution in [0.15, 0.2) is 27.1 Å². The molecular formula is C6H5Br2O4P. The Bertz CT molecular complexity index is 341. The summed E-state index contributed by atoms with van der Waals surface area (Å²) in [4.78, 5) is 17.1. The fraction of sp³-hybridized carbons (Fsp3) is 0. The van der Waals surface area contributed by atoms with Crippen molar-refractivity contribution in [3.05, 3.63) is 27.1 Å². The van der Waals surface area contributed by atoms with Gasteiger partial charge >= 0.3 is 7.82 Å². The zero-order valence-electron chi connectivity index (χ0n) is 6.15. The van der Waals surface area contributed by atoms with Crippen LogP contribution in [0.3, 0.4) is 0 Å². The lowest BCUT2D eigenvalue weighted by atomic mass is 10.3. The third kappa shape index (κ3) is 3.40. The lowest BCUT2D eigenvalue weighted by Gasteiger charge is -2.09. The predicted octanol–water partition coefficient (Wildman–Crippen LogP) is 2.68. The summed E-state index contributed by atoms with van der Waals surface area (Å²) in [6.45, 7) is 0. The van der Waals surface area contributed by atoms with Crippen LogP contribution in [0.2, 0.25) is 0 Å². The van der Waals surface area contributed by atoms with Crippen LogP contribution in [0.25, 0.3) is 0 Å². The van der Waals surface area contributed by atoms with Crippen LogP contribution in [0.5, 0.6) is 5.75 Å². The van der Waals surface area contributed by atoms with Gasteiger partial charge in [0.05, 0.1) is 8.95 Å². The first kappa shape index (κ1) is 11.2. The first-order chi connectivity index (χ1) is 5.90. The Hall–Kier alpha value is 0.130. The molecule has 0 saturated carbocycles. The number of benzene rings is 1. The van der Waals surface area contributed by atoms with Gasteiger partial charge in [-0.3, -0.25) is 9.79 Å². The van der Waals surface area contributed by atoms with Crippen molar-refractivity contribution in [2.45, 2.75) is 0 Å². The average molecular weight is 332 g/mol. The van der Waals surface area contributed by atoms with Gasteiger partial charge in [-0.05, 0) is 44.0 Å². The molecule has 0 unspecified atom stereocenters. The van der Waals surface area contributed by atoms with Crippen molar-refractivity contribution >= 4 is 39.7 Å². The van der Waals surface area contributed by atoms with E-state index in [0.717, 1.165) is 0 Å². The molecule has 0 aliphatic carbocycles. The van der Waals surface area contributed by atoms with Crippen LogP contribution in [-0.4, -0.2) is 9.79 Å². The van der Waals surface area contributed by atoms with E-state index in [2.05, 4.69) is 36.4 Å². The van der Waals surface area contributed by atoms with Crippen LogP contribution in [0.4, 0.5) is 0 Å². The zero-order valence-corrected chi connectivity index (χ0v) is 10.2. The number of hydrogen-bond donors (Lipinski definition) is 2. The number of halogens is 2. The SMILES string of the molecule is O=P(O)(O)Oc1c(Br)cccc1Br. The molecule has 1 aromatic carbocycles. The molecule has 13 heavy (non-hydrogen) atoms. The Labute approximate surface area is 91.4 Å². The van der Waals surface area contributed by atoms with Crippen molar-refractivity contribution in [1.29, 1.82) is 0 Å². The maximum Gasteiger partial charge on any atom is 0.524 e. The molecule has 0 aromatic heterocycles. The van der Waals surface area contributed by atoms with Crippen LogP contribution >= 0.6 is 39.7 Å². The van der Waals surface area contributed by atoms with E-state index >= 15 is 0 Å². The quantitative estimate of drug-likeness (QED) is 0.818. The minimum atomic E-state index is -4.50. The third-order valence-electron chi connectivity index (χ3n) is 1.13. The monoisotopic (exact) mass is 330 g/mol. The summed E-state index contributed by atoms with van der Waals surface area (Å²) in [6.07, 6.45) is 0. The van der Waals surface area contributed by atoms with Gasteiger partial charge in [0.25, 0.3) is 0 Å². The summed E-state index contributed by atoms with van der Waals surface area (Å²) in [5, 5.41) is 0. The van der Waals surface area contributed by atoms with Gasteiger partial charge in [-0.25, -0.2) is 4.57 Å². The molecule has 0 heterocycles. The standard InChI is InChI=1S/C6H5Br2O4P/c7-4-2-1-3-5(8)6(4)12-13(9,10)11/h1-3H,(H2,9,10,11). The van der Waals surface area contributed by atoms with Gasteiger partial charge in [-0.1, -0.05) is 6.07 Å². The molecule has 0 atom stereocenters. The van der Waals surface area contributed by atoms with Gasteiger partial charge in [0.2, 0.25) is 0 Å². The van der Waals surface area contributed by atoms with Gasteiger partial charge in [0.1, 0.15) is 0 Å². The topological polar surface area (TPSA) is 66.8 Å². The fourth-order valence-corrected chi connectivity index (χ4v) is 2.53. The van der Waals surface area contributed by atoms with E-state index in [9.17, 15) is 4.57 Å². The second-order valence-electron chi connectivity index (χ2n) is 2.13. The molecule has 0 spiro atoms. The maximum atomic E-state index is 10.5. The van der Waals surface area contributed by atoms with Gasteiger partial charge in [-0.15, -0.1) is 0 Å². The van der Waals surface area contributed by atoms with E-state index in [4.69, 9.17) is 9.79 Å². The summed E-state index contributed by atoms with van der Waals surface area (Å²) < 4.78 is 15.9. The molecule has 1 rings (SSSR count). The van der Waals surface area contributed by atoms with Crippen molar-refractivity contribution in [2.24, 2.45) is 0 Å². The highest BCUT2D eigenvalue weighted by molar-refractivity contribution is 9.11. The molecule has 0 radical (unpaired) electrons. The van der Waals surface area contributed by atoms with Crippen molar-refractivity contribution < 1.29 is 18.9 Å². The molecular weight excluding hydrogens is 327 g/mol. The number of hydrogen-bond acceptors (Lipinski definition) is 2. The number of phosphoric acid groups is 1. The highest BCUT2D eigenvalue weighted by Gasteiger charge is 2.19. The number of para-hydroxylation sites is 1. The highest BCUT2D eigenvalue weighted by atomic mass is 79.9. The van der Waals surface area contributed by atoms with Crippen molar-refractivity contribution in [3.63, 3.8) is 0 Å². The Morgan fingerprint density at radius 1 is 1.23 bits per heavy atom. The molecule has 0 bridgehead atoms. The lowest BCUT2D eigenvalue weighted by Crippen LogP contribution is -1.91. The minimum absolute atomic E-state index is 0.0934. The molecule has 0 aliphatic heterocycles. The molecule has 0 fully saturated rings. The normalized spacial score (nSPS) is 11.4. The van der Waals surface area contributed by atoms with E-state index in [-0.39, 0.29) is 5.75 Å². The minimum Gasteiger partial charge on any atom is -0.402 e. The fourth-order valence-electron chi connectivity index (χ4n) is 0.689. The Balaban J connectivity index is 3.07. The van der Waals surface area contributed by atoms with Gasteiger partial charge < -0.3 is 4.52 Å². The first-order valence-corrected chi connectivity index (χ1v) is 6.21. The molecule has 0 amide bonds. The Morgan fingerprint density at radius 2 is 1.69 bits per heavy atom. The number of phosphoric ester groups is 1. The molecule has 72 valence electrons. The van der Waals surface area contributed by atoms with Crippen LogP contribution in [0.1, 0.15) is 0 Å². The van der Waals surface area contributed by atoms with Gasteiger partial charge in [-0.2, -0.15) is 0 Å². The average Bonchev–Trinajstić information content (AvgIpc) is 1.95. The van der Waals surface area contributed by atoms with Crippen molar-refractivity contribution in [1.82, 2.24) is 0 Å². The second kappa shape index (κ2) is 4.11. The van der Waals surface area contributed by atoms with E-state index < -0.39 is 7.82 Å². The Morgan fingerprint density at radius 3 is 2.08 bits per heavy atom. The van der Waals surface area contributed by atoms with Gasteiger partial charge in [0.15, 0.2) is 5.75 Å². The van der Waals surface area contributed by atoms with Crippen molar-refractivity contribution in [3.8, 4) is 5.75 Å². The van der Waals surface area contributed by atoms with E-state index in [0.29, 0.717) is 8.95 Å². The summed E-state index contributed by atoms with van der Waals surface area (Å²) >= 11 is 6.20. The number of rotatable bonds is 2. The lowest BCUT2D eigenvalue weighted by molar-refractivity contribution is 0.282. The van der Waals surface area contributed by atoms with E-state index in [1.807, 2.05) is 0 Å². The smallest absolute Gasteiger partial charge is 0.402 e. The molecule has 1 aromatic rings. The van der Waals surface area contributed by atoms with Gasteiger partial charge in [0, 0.05) is 0 Å². The molecule has 7 heteroatoms. The molecule has 0 aliphatic rings. The van der Waals surface area contributed by atoms with E-state index in [1.54, 1.807) is 18.2 Å². The predicted molar refractivity (Wildman–Crippen MR) is 54.5 cm³/mol. The van der Waals surface area contributed by atoms with Crippen LogP contribution in [0, 0.1) is 0 Å². The van der Waals surface area contributed by atoms with Crippen LogP contribution in [-0.2, 0) is 4.57 Å². The van der Waals surface area contributed by atoms with E-state index in [1.165, 1.54) is 0 Å². The third-order valence-corrected chi connectivity index (χ3v) is 2.80. The van der Waals surface area contributed by atoms with Crippen LogP contribution < -0.4 is 4.52 Å². The summed E-state index contributed by atoms with van der Waals surface area (Å²) in [6, 6.07) is 4.95. The summed E-state index contributed by atoms with van der Waals surface area (Å²) in [7, 11) is -4.50. The zero-order chi connectivity index (χ0) is 10.1. The summed E-state index contributed by atoms with van der Waals surface area (Å²) in [5.74, 6) is 0.0934. The highest BCUT2D eigenvalue weighted by Crippen LogP contribution is 2.44. The largest absolute Gasteiger partial charge is 0.524 e. The molecule has 4 nitrogen and oxygen atoms in total. The maximum absolute atomic E-state index is 10.5. The molecule has 2 N–H and O–H groups in total. The Kier molecular flexibility index (Phi) is 3.54. The summed E-state index contributed by atoms with van der Waals surface area (Å²) in [5.41, 5.74) is 0. The second-order valence-corrected chi connectivity index (χ2v) is 5.01.